The smallest absolute Gasteiger partial charge is 0.405 e. The van der Waals surface area contributed by atoms with Crippen LogP contribution in [0, 0.1) is 17.8 Å². The van der Waals surface area contributed by atoms with Gasteiger partial charge in [-0.15, -0.1) is 0 Å². The van der Waals surface area contributed by atoms with Gasteiger partial charge in [-0.2, -0.15) is 0 Å². The number of ether oxygens (including phenoxy) is 2. The lowest BCUT2D eigenvalue weighted by atomic mass is 9.92. The zero-order valence-electron chi connectivity index (χ0n) is 27.6. The molecule has 3 heterocycles. The van der Waals surface area contributed by atoms with Crippen molar-refractivity contribution >= 4 is 44.9 Å². The topological polar surface area (TPSA) is 206 Å². The highest BCUT2D eigenvalue weighted by Gasteiger charge is 2.62. The van der Waals surface area contributed by atoms with E-state index in [2.05, 4.69) is 25.3 Å². The van der Waals surface area contributed by atoms with Crippen LogP contribution in [0.4, 0.5) is 4.79 Å². The van der Waals surface area contributed by atoms with E-state index in [1.54, 1.807) is 32.2 Å². The van der Waals surface area contributed by atoms with Gasteiger partial charge in [0.2, 0.25) is 27.7 Å². The summed E-state index contributed by atoms with van der Waals surface area (Å²) in [6.45, 7) is 3.73. The maximum absolute atomic E-state index is 14.2. The first-order valence-electron chi connectivity index (χ1n) is 16.6. The van der Waals surface area contributed by atoms with Gasteiger partial charge in [-0.1, -0.05) is 32.4 Å². The van der Waals surface area contributed by atoms with Crippen LogP contribution in [0.2, 0.25) is 0 Å². The summed E-state index contributed by atoms with van der Waals surface area (Å²) in [7, 11) is -2.35. The largest absolute Gasteiger partial charge is 0.497 e. The van der Waals surface area contributed by atoms with Crippen LogP contribution >= 0.6 is 0 Å². The number of hydrogen-bond acceptors (Lipinski definition) is 10. The predicted octanol–water partition coefficient (Wildman–Crippen LogP) is 2.12. The number of nitrogens with one attached hydrogen (secondary N) is 3. The van der Waals surface area contributed by atoms with Gasteiger partial charge in [-0.25, -0.2) is 23.2 Å². The van der Waals surface area contributed by atoms with E-state index >= 15 is 0 Å². The average molecular weight is 699 g/mol. The fourth-order valence-electron chi connectivity index (χ4n) is 6.78. The van der Waals surface area contributed by atoms with Gasteiger partial charge in [0.15, 0.2) is 0 Å². The van der Waals surface area contributed by atoms with Crippen molar-refractivity contribution in [2.24, 2.45) is 17.8 Å². The third-order valence-corrected chi connectivity index (χ3v) is 11.8. The van der Waals surface area contributed by atoms with Crippen molar-refractivity contribution in [1.82, 2.24) is 30.2 Å². The van der Waals surface area contributed by atoms with E-state index in [9.17, 15) is 32.7 Å². The van der Waals surface area contributed by atoms with Gasteiger partial charge >= 0.3 is 6.09 Å². The SMILES string of the molecule is COc1ccc2nc(O[C@@H]3C[C@H]4C(=O)N[C@]5(C(=O)NS(=O)(=O)C6CC6)C[C@H]5C=C[C@@H](C)CCC[C@@H](C)[C@H](NC(=O)O)C(=O)N4C3)cnc2c1. The monoisotopic (exact) mass is 698 g/mol. The van der Waals surface area contributed by atoms with Crippen LogP contribution in [0.5, 0.6) is 11.6 Å². The fraction of sp³-hybridized carbons (Fsp3) is 0.576. The summed E-state index contributed by atoms with van der Waals surface area (Å²) < 4.78 is 39.1. The molecule has 2 saturated carbocycles. The molecule has 2 aliphatic heterocycles. The number of methoxy groups -OCH3 is 1. The van der Waals surface area contributed by atoms with Crippen molar-refractivity contribution in [1.29, 1.82) is 0 Å². The lowest BCUT2D eigenvalue weighted by Gasteiger charge is -2.31. The number of sulfonamides is 1. The minimum atomic E-state index is -3.90. The first-order chi connectivity index (χ1) is 23.3. The first-order valence-corrected chi connectivity index (χ1v) is 18.2. The minimum absolute atomic E-state index is 0.00366. The molecular weight excluding hydrogens is 656 g/mol. The normalized spacial score (nSPS) is 30.6. The van der Waals surface area contributed by atoms with Gasteiger partial charge in [0.1, 0.15) is 29.5 Å². The van der Waals surface area contributed by atoms with Crippen molar-refractivity contribution in [3.05, 3.63) is 36.5 Å². The number of hydrogen-bond donors (Lipinski definition) is 4. The van der Waals surface area contributed by atoms with Gasteiger partial charge in [0, 0.05) is 18.4 Å². The van der Waals surface area contributed by atoms with Crippen molar-refractivity contribution < 1.29 is 42.2 Å². The number of aromatic nitrogens is 2. The molecule has 49 heavy (non-hydrogen) atoms. The third-order valence-electron chi connectivity index (χ3n) is 9.93. The number of carboxylic acid groups (broad SMARTS) is 1. The second-order valence-electron chi connectivity index (χ2n) is 13.7. The lowest BCUT2D eigenvalue weighted by molar-refractivity contribution is -0.142. The molecule has 6 rings (SSSR count). The second kappa shape index (κ2) is 13.4. The Bertz CT molecular complexity index is 1780. The fourth-order valence-corrected chi connectivity index (χ4v) is 8.14. The number of fused-ring (bicyclic) bond motifs is 3. The Hall–Kier alpha value is -4.47. The van der Waals surface area contributed by atoms with E-state index < -0.39 is 74.7 Å². The number of rotatable bonds is 7. The Kier molecular flexibility index (Phi) is 9.44. The summed E-state index contributed by atoms with van der Waals surface area (Å²) in [5.74, 6) is -2.07. The molecule has 0 unspecified atom stereocenters. The Balaban J connectivity index is 1.30. The van der Waals surface area contributed by atoms with Gasteiger partial charge < -0.3 is 30.1 Å². The molecule has 2 aliphatic carbocycles. The van der Waals surface area contributed by atoms with Gasteiger partial charge in [-0.3, -0.25) is 19.1 Å². The van der Waals surface area contributed by atoms with Crippen molar-refractivity contribution in [2.45, 2.75) is 87.8 Å². The number of carbonyl (C=O) groups excluding carboxylic acids is 3. The third kappa shape index (κ3) is 7.43. The molecule has 264 valence electrons. The summed E-state index contributed by atoms with van der Waals surface area (Å²) in [5.41, 5.74) is -0.414. The van der Waals surface area contributed by atoms with E-state index in [4.69, 9.17) is 9.47 Å². The van der Waals surface area contributed by atoms with E-state index in [1.807, 2.05) is 19.1 Å². The highest BCUT2D eigenvalue weighted by atomic mass is 32.2. The average Bonchev–Trinajstić information content (AvgIpc) is 3.98. The van der Waals surface area contributed by atoms with Crippen LogP contribution in [0.1, 0.15) is 58.8 Å². The molecule has 16 heteroatoms. The van der Waals surface area contributed by atoms with Crippen molar-refractivity contribution in [2.75, 3.05) is 13.7 Å². The molecule has 0 radical (unpaired) electrons. The molecule has 3 fully saturated rings. The maximum Gasteiger partial charge on any atom is 0.405 e. The highest BCUT2D eigenvalue weighted by Crippen LogP contribution is 2.46. The molecule has 0 bridgehead atoms. The Morgan fingerprint density at radius 3 is 2.59 bits per heavy atom. The number of benzene rings is 1. The molecule has 1 aromatic carbocycles. The molecule has 1 saturated heterocycles. The summed E-state index contributed by atoms with van der Waals surface area (Å²) >= 11 is 0. The molecule has 15 nitrogen and oxygen atoms in total. The summed E-state index contributed by atoms with van der Waals surface area (Å²) in [5, 5.41) is 14.2. The first kappa shape index (κ1) is 34.4. The Labute approximate surface area is 284 Å². The van der Waals surface area contributed by atoms with Gasteiger partial charge in [0.05, 0.1) is 36.1 Å². The van der Waals surface area contributed by atoms with Crippen LogP contribution in [0.25, 0.3) is 11.0 Å². The van der Waals surface area contributed by atoms with Crippen LogP contribution in [0.15, 0.2) is 36.5 Å². The standard InChI is InChI=1S/C33H42N6O9S/c1-18-5-4-6-19(2)28(36-32(43)44)30(41)39-17-22(48-27-16-34-25-13-21(47-3)9-12-24(25)35-27)14-26(39)29(40)37-33(15-20(33)8-7-18)31(42)38-49(45,46)23-10-11-23/h7-9,12-13,16,18-20,22-23,26,28,36H,4-6,10-11,14-15,17H2,1-3H3,(H,37,40)(H,38,42)(H,43,44)/t18-,19+,20+,22+,26-,28-,33+/m0/s1. The second-order valence-corrected chi connectivity index (χ2v) is 15.6. The van der Waals surface area contributed by atoms with Crippen molar-refractivity contribution in [3.8, 4) is 11.6 Å². The summed E-state index contributed by atoms with van der Waals surface area (Å²) in [6, 6.07) is 2.88. The van der Waals surface area contributed by atoms with Crippen LogP contribution < -0.4 is 24.8 Å². The van der Waals surface area contributed by atoms with Gasteiger partial charge in [-0.05, 0) is 56.1 Å². The summed E-state index contributed by atoms with van der Waals surface area (Å²) in [4.78, 5) is 64.0. The van der Waals surface area contributed by atoms with E-state index in [0.29, 0.717) is 42.5 Å². The molecule has 1 aromatic heterocycles. The molecule has 4 amide bonds. The number of carbonyl (C=O) groups is 4. The Morgan fingerprint density at radius 1 is 1.10 bits per heavy atom. The zero-order chi connectivity index (χ0) is 35.1. The van der Waals surface area contributed by atoms with E-state index in [0.717, 1.165) is 6.42 Å². The maximum atomic E-state index is 14.2. The molecular formula is C33H42N6O9S. The van der Waals surface area contributed by atoms with Crippen LogP contribution in [-0.4, -0.2) is 94.8 Å². The molecule has 4 N–H and O–H groups in total. The van der Waals surface area contributed by atoms with Crippen LogP contribution in [0.3, 0.4) is 0 Å². The van der Waals surface area contributed by atoms with Gasteiger partial charge in [0.25, 0.3) is 5.91 Å². The Morgan fingerprint density at radius 2 is 1.88 bits per heavy atom. The lowest BCUT2D eigenvalue weighted by Crippen LogP contribution is -2.59. The van der Waals surface area contributed by atoms with Crippen LogP contribution in [-0.2, 0) is 24.4 Å². The predicted molar refractivity (Wildman–Crippen MR) is 176 cm³/mol. The van der Waals surface area contributed by atoms with E-state index in [-0.39, 0.29) is 31.2 Å². The van der Waals surface area contributed by atoms with Crippen molar-refractivity contribution in [3.63, 3.8) is 0 Å². The minimum Gasteiger partial charge on any atom is -0.497 e. The molecule has 2 aromatic rings. The summed E-state index contributed by atoms with van der Waals surface area (Å²) in [6.07, 6.45) is 6.23. The molecule has 7 atom stereocenters. The number of amides is 4. The number of nitrogens with zero attached hydrogens (tertiary/aromatic N) is 3. The quantitative estimate of drug-likeness (QED) is 0.308. The highest BCUT2D eigenvalue weighted by molar-refractivity contribution is 7.91. The molecule has 0 spiro atoms. The van der Waals surface area contributed by atoms with E-state index in [1.165, 1.54) is 11.1 Å². The zero-order valence-corrected chi connectivity index (χ0v) is 28.4. The molecule has 4 aliphatic rings. The number of allylic oxidation sites excluding steroid dienone is 1.